The van der Waals surface area contributed by atoms with Crippen molar-refractivity contribution in [3.63, 3.8) is 0 Å². The summed E-state index contributed by atoms with van der Waals surface area (Å²) in [5.41, 5.74) is 3.80. The molecule has 2 amide bonds. The molecule has 0 spiro atoms. The van der Waals surface area contributed by atoms with Crippen molar-refractivity contribution in [3.05, 3.63) is 46.6 Å². The maximum Gasteiger partial charge on any atom is 0.255 e. The molecule has 0 fully saturated rings. The van der Waals surface area contributed by atoms with Crippen LogP contribution in [0.3, 0.4) is 0 Å². The van der Waals surface area contributed by atoms with E-state index in [9.17, 15) is 9.59 Å². The van der Waals surface area contributed by atoms with Gasteiger partial charge in [0.25, 0.3) is 5.91 Å². The highest BCUT2D eigenvalue weighted by atomic mass is 32.2. The minimum atomic E-state index is -0.537. The largest absolute Gasteiger partial charge is 0.323 e. The molecule has 4 rings (SSSR count). The fraction of sp³-hybridized carbons (Fsp3) is 0.353. The summed E-state index contributed by atoms with van der Waals surface area (Å²) in [6.45, 7) is 2.24. The van der Waals surface area contributed by atoms with Crippen molar-refractivity contribution in [3.8, 4) is 0 Å². The van der Waals surface area contributed by atoms with E-state index in [2.05, 4.69) is 10.4 Å². The van der Waals surface area contributed by atoms with Gasteiger partial charge in [0.1, 0.15) is 11.9 Å². The average Bonchev–Trinajstić information content (AvgIpc) is 3.23. The highest BCUT2D eigenvalue weighted by Gasteiger charge is 2.34. The van der Waals surface area contributed by atoms with Gasteiger partial charge in [-0.25, -0.2) is 0 Å². The van der Waals surface area contributed by atoms with Crippen LogP contribution in [0.5, 0.6) is 0 Å². The van der Waals surface area contributed by atoms with Crippen LogP contribution in [0.15, 0.2) is 24.3 Å². The van der Waals surface area contributed by atoms with Crippen molar-refractivity contribution >= 4 is 29.4 Å². The molecule has 24 heavy (non-hydrogen) atoms. The summed E-state index contributed by atoms with van der Waals surface area (Å²) < 4.78 is 1.72. The van der Waals surface area contributed by atoms with Crippen LogP contribution in [0.4, 0.5) is 5.82 Å². The zero-order valence-corrected chi connectivity index (χ0v) is 14.4. The molecule has 0 radical (unpaired) electrons. The third-order valence-electron chi connectivity index (χ3n) is 4.65. The lowest BCUT2D eigenvalue weighted by molar-refractivity contribution is -0.120. The number of thioether (sulfide) groups is 1. The Labute approximate surface area is 144 Å². The lowest BCUT2D eigenvalue weighted by Gasteiger charge is -2.23. The van der Waals surface area contributed by atoms with E-state index < -0.39 is 6.04 Å². The molecular weight excluding hydrogens is 324 g/mol. The lowest BCUT2D eigenvalue weighted by atomic mass is 10.1. The van der Waals surface area contributed by atoms with E-state index in [4.69, 9.17) is 0 Å². The monoisotopic (exact) mass is 342 g/mol. The first-order valence-corrected chi connectivity index (χ1v) is 9.04. The smallest absolute Gasteiger partial charge is 0.255 e. The molecule has 2 aliphatic rings. The maximum atomic E-state index is 12.7. The predicted octanol–water partition coefficient (Wildman–Crippen LogP) is 2.15. The number of carbonyl (C=O) groups excluding carboxylic acids is 2. The Hall–Kier alpha value is -2.28. The second kappa shape index (κ2) is 5.66. The first-order valence-electron chi connectivity index (χ1n) is 7.88. The van der Waals surface area contributed by atoms with E-state index in [1.54, 1.807) is 28.3 Å². The quantitative estimate of drug-likeness (QED) is 0.928. The molecule has 124 valence electrons. The van der Waals surface area contributed by atoms with Gasteiger partial charge in [-0.15, -0.1) is 0 Å². The van der Waals surface area contributed by atoms with Gasteiger partial charge >= 0.3 is 0 Å². The van der Waals surface area contributed by atoms with Crippen LogP contribution >= 0.6 is 11.8 Å². The molecule has 0 bridgehead atoms. The van der Waals surface area contributed by atoms with Crippen molar-refractivity contribution in [1.82, 2.24) is 14.7 Å². The maximum absolute atomic E-state index is 12.7. The van der Waals surface area contributed by atoms with Crippen LogP contribution < -0.4 is 5.32 Å². The molecule has 1 aromatic carbocycles. The Morgan fingerprint density at radius 1 is 1.33 bits per heavy atom. The standard InChI is InChI=1S/C17H18N4O2S/c1-10(21-7-11-5-3-4-6-12(11)17(21)23)16(22)18-15-13-8-24-9-14(13)19-20(15)2/h3-6,10H,7-9H2,1-2H3,(H,18,22). The number of benzene rings is 1. The second-order valence-electron chi connectivity index (χ2n) is 6.15. The molecular formula is C17H18N4O2S. The van der Waals surface area contributed by atoms with Crippen LogP contribution in [-0.4, -0.2) is 32.5 Å². The first kappa shape index (κ1) is 15.3. The Bertz CT molecular complexity index is 845. The Morgan fingerprint density at radius 2 is 2.12 bits per heavy atom. The van der Waals surface area contributed by atoms with Gasteiger partial charge in [0.2, 0.25) is 5.91 Å². The van der Waals surface area contributed by atoms with Crippen molar-refractivity contribution in [2.75, 3.05) is 5.32 Å². The van der Waals surface area contributed by atoms with Gasteiger partial charge in [-0.2, -0.15) is 16.9 Å². The molecule has 0 saturated carbocycles. The van der Waals surface area contributed by atoms with Crippen LogP contribution in [0.25, 0.3) is 0 Å². The van der Waals surface area contributed by atoms with Gasteiger partial charge < -0.3 is 10.2 Å². The van der Waals surface area contributed by atoms with E-state index in [0.717, 1.165) is 34.1 Å². The number of aromatic nitrogens is 2. The summed E-state index contributed by atoms with van der Waals surface area (Å²) in [5.74, 6) is 2.23. The summed E-state index contributed by atoms with van der Waals surface area (Å²) in [6, 6.07) is 6.97. The minimum Gasteiger partial charge on any atom is -0.323 e. The summed E-state index contributed by atoms with van der Waals surface area (Å²) in [7, 11) is 1.83. The van der Waals surface area contributed by atoms with Gasteiger partial charge in [-0.1, -0.05) is 18.2 Å². The molecule has 0 aliphatic carbocycles. The molecule has 7 heteroatoms. The van der Waals surface area contributed by atoms with Crippen molar-refractivity contribution in [1.29, 1.82) is 0 Å². The van der Waals surface area contributed by atoms with Crippen molar-refractivity contribution in [2.45, 2.75) is 31.0 Å². The first-order chi connectivity index (χ1) is 11.6. The number of nitrogens with one attached hydrogen (secondary N) is 1. The number of aryl methyl sites for hydroxylation is 1. The Kier molecular flexibility index (Phi) is 3.60. The molecule has 1 atom stereocenters. The van der Waals surface area contributed by atoms with E-state index >= 15 is 0 Å². The van der Waals surface area contributed by atoms with Gasteiger partial charge in [0.05, 0.1) is 5.69 Å². The van der Waals surface area contributed by atoms with Gasteiger partial charge in [0, 0.05) is 36.2 Å². The van der Waals surface area contributed by atoms with E-state index in [-0.39, 0.29) is 11.8 Å². The highest BCUT2D eigenvalue weighted by molar-refractivity contribution is 7.98. The number of nitrogens with zero attached hydrogens (tertiary/aromatic N) is 3. The van der Waals surface area contributed by atoms with Gasteiger partial charge in [-0.3, -0.25) is 14.3 Å². The zero-order chi connectivity index (χ0) is 16.8. The van der Waals surface area contributed by atoms with Gasteiger partial charge in [-0.05, 0) is 18.6 Å². The van der Waals surface area contributed by atoms with Crippen LogP contribution in [0.1, 0.15) is 34.1 Å². The fourth-order valence-corrected chi connectivity index (χ4v) is 4.28. The SMILES string of the molecule is CC(C(=O)Nc1c2c(nn1C)CSC2)N1Cc2ccccc2C1=O. The average molecular weight is 342 g/mol. The number of hydrogen-bond donors (Lipinski definition) is 1. The Morgan fingerprint density at radius 3 is 2.92 bits per heavy atom. The zero-order valence-electron chi connectivity index (χ0n) is 13.6. The Balaban J connectivity index is 1.53. The molecule has 1 aromatic heterocycles. The number of carbonyl (C=O) groups is 2. The topological polar surface area (TPSA) is 67.2 Å². The summed E-state index contributed by atoms with van der Waals surface area (Å²) in [6.07, 6.45) is 0. The number of anilines is 1. The normalized spacial score (nSPS) is 16.9. The molecule has 1 N–H and O–H groups in total. The number of fused-ring (bicyclic) bond motifs is 2. The van der Waals surface area contributed by atoms with E-state index in [0.29, 0.717) is 12.1 Å². The molecule has 1 unspecified atom stereocenters. The highest BCUT2D eigenvalue weighted by Crippen LogP contribution is 2.34. The predicted molar refractivity (Wildman–Crippen MR) is 92.6 cm³/mol. The lowest BCUT2D eigenvalue weighted by Crippen LogP contribution is -2.42. The fourth-order valence-electron chi connectivity index (χ4n) is 3.25. The number of hydrogen-bond acceptors (Lipinski definition) is 4. The van der Waals surface area contributed by atoms with E-state index in [1.807, 2.05) is 31.3 Å². The number of rotatable bonds is 3. The van der Waals surface area contributed by atoms with Crippen LogP contribution in [-0.2, 0) is 29.9 Å². The molecule has 6 nitrogen and oxygen atoms in total. The van der Waals surface area contributed by atoms with Crippen LogP contribution in [0.2, 0.25) is 0 Å². The second-order valence-corrected chi connectivity index (χ2v) is 7.13. The number of amides is 2. The molecule has 2 aliphatic heterocycles. The minimum absolute atomic E-state index is 0.0842. The van der Waals surface area contributed by atoms with Crippen LogP contribution in [0, 0.1) is 0 Å². The summed E-state index contributed by atoms with van der Waals surface area (Å²) >= 11 is 1.79. The third kappa shape index (κ3) is 2.31. The molecule has 0 saturated heterocycles. The van der Waals surface area contributed by atoms with Crippen molar-refractivity contribution in [2.24, 2.45) is 7.05 Å². The molecule has 2 aromatic rings. The summed E-state index contributed by atoms with van der Waals surface area (Å²) in [5, 5.41) is 7.42. The van der Waals surface area contributed by atoms with E-state index in [1.165, 1.54) is 0 Å². The third-order valence-corrected chi connectivity index (χ3v) is 5.62. The molecule has 3 heterocycles. The summed E-state index contributed by atoms with van der Waals surface area (Å²) in [4.78, 5) is 26.8. The van der Waals surface area contributed by atoms with Gasteiger partial charge in [0.15, 0.2) is 0 Å². The van der Waals surface area contributed by atoms with Crippen molar-refractivity contribution < 1.29 is 9.59 Å².